The Labute approximate surface area is 114 Å². The van der Waals surface area contributed by atoms with E-state index in [9.17, 15) is 9.59 Å². The molecule has 0 aromatic heterocycles. The molecule has 4 nitrogen and oxygen atoms in total. The molecule has 2 N–H and O–H groups in total. The Morgan fingerprint density at radius 3 is 2.28 bits per heavy atom. The van der Waals surface area contributed by atoms with Crippen molar-refractivity contribution in [1.82, 2.24) is 5.32 Å². The predicted molar refractivity (Wildman–Crippen MR) is 67.9 cm³/mol. The number of carbonyl (C=O) groups is 2. The summed E-state index contributed by atoms with van der Waals surface area (Å²) in [5, 5.41) is 12.3. The Morgan fingerprint density at radius 2 is 1.83 bits per heavy atom. The maximum Gasteiger partial charge on any atom is 0.329 e. The summed E-state index contributed by atoms with van der Waals surface area (Å²) in [5.41, 5.74) is -0.565. The number of carboxylic acid groups (broad SMARTS) is 1. The topological polar surface area (TPSA) is 66.4 Å². The smallest absolute Gasteiger partial charge is 0.329 e. The van der Waals surface area contributed by atoms with Crippen LogP contribution in [0.4, 0.5) is 0 Å². The van der Waals surface area contributed by atoms with Gasteiger partial charge in [-0.1, -0.05) is 29.3 Å². The van der Waals surface area contributed by atoms with Gasteiger partial charge in [0.25, 0.3) is 0 Å². The van der Waals surface area contributed by atoms with Crippen molar-refractivity contribution in [3.05, 3.63) is 33.8 Å². The Hall–Kier alpha value is -1.26. The van der Waals surface area contributed by atoms with E-state index >= 15 is 0 Å². The molecule has 0 aliphatic heterocycles. The molecule has 0 atom stereocenters. The number of nitrogens with one attached hydrogen (secondary N) is 1. The second-order valence-corrected chi connectivity index (χ2v) is 5.13. The molecule has 96 valence electrons. The maximum atomic E-state index is 11.8. The van der Waals surface area contributed by atoms with Crippen molar-refractivity contribution in [2.75, 3.05) is 0 Å². The molecule has 1 aromatic rings. The summed E-state index contributed by atoms with van der Waals surface area (Å²) < 4.78 is 0. The van der Waals surface area contributed by atoms with Gasteiger partial charge >= 0.3 is 5.97 Å². The fourth-order valence-electron chi connectivity index (χ4n) is 1.69. The average Bonchev–Trinajstić information content (AvgIpc) is 3.05. The van der Waals surface area contributed by atoms with Crippen molar-refractivity contribution in [2.24, 2.45) is 0 Å². The first-order chi connectivity index (χ1) is 8.44. The van der Waals surface area contributed by atoms with E-state index in [2.05, 4.69) is 5.32 Å². The molecule has 0 radical (unpaired) electrons. The van der Waals surface area contributed by atoms with Crippen LogP contribution in [0.3, 0.4) is 0 Å². The quantitative estimate of drug-likeness (QED) is 0.893. The lowest BCUT2D eigenvalue weighted by Crippen LogP contribution is -2.43. The van der Waals surface area contributed by atoms with Crippen LogP contribution >= 0.6 is 23.2 Å². The van der Waals surface area contributed by atoms with Crippen molar-refractivity contribution in [3.63, 3.8) is 0 Å². The van der Waals surface area contributed by atoms with E-state index in [-0.39, 0.29) is 12.3 Å². The molecule has 0 heterocycles. The number of hydrogen-bond acceptors (Lipinski definition) is 2. The highest BCUT2D eigenvalue weighted by Crippen LogP contribution is 2.35. The molecule has 18 heavy (non-hydrogen) atoms. The summed E-state index contributed by atoms with van der Waals surface area (Å²) in [6.07, 6.45) is 0.905. The molecule has 1 amide bonds. The zero-order valence-electron chi connectivity index (χ0n) is 9.37. The van der Waals surface area contributed by atoms with Gasteiger partial charge in [-0.15, -0.1) is 0 Å². The summed E-state index contributed by atoms with van der Waals surface area (Å²) in [4.78, 5) is 22.7. The number of carboxylic acids is 1. The van der Waals surface area contributed by atoms with Crippen LogP contribution in [0, 0.1) is 0 Å². The fourth-order valence-corrected chi connectivity index (χ4v) is 2.22. The van der Waals surface area contributed by atoms with Crippen molar-refractivity contribution >= 4 is 35.1 Å². The van der Waals surface area contributed by atoms with Gasteiger partial charge in [0, 0.05) is 10.0 Å². The molecular weight excluding hydrogens is 277 g/mol. The van der Waals surface area contributed by atoms with Gasteiger partial charge in [0.1, 0.15) is 5.54 Å². The molecule has 0 spiro atoms. The maximum absolute atomic E-state index is 11.8. The standard InChI is InChI=1S/C12H11Cl2NO3/c13-8-2-1-3-9(14)7(8)6-10(16)15-12(4-5-12)11(17)18/h1-3H,4-6H2,(H,15,16)(H,17,18). The average molecular weight is 288 g/mol. The minimum absolute atomic E-state index is 0.0203. The van der Waals surface area contributed by atoms with E-state index < -0.39 is 11.5 Å². The number of carbonyl (C=O) groups excluding carboxylic acids is 1. The first-order valence-corrected chi connectivity index (χ1v) is 6.17. The second-order valence-electron chi connectivity index (χ2n) is 4.31. The number of amides is 1. The van der Waals surface area contributed by atoms with Crippen LogP contribution < -0.4 is 5.32 Å². The van der Waals surface area contributed by atoms with Crippen LogP contribution in [-0.4, -0.2) is 22.5 Å². The lowest BCUT2D eigenvalue weighted by Gasteiger charge is -2.13. The molecule has 0 saturated heterocycles. The Morgan fingerprint density at radius 1 is 1.28 bits per heavy atom. The SMILES string of the molecule is O=C(Cc1c(Cl)cccc1Cl)NC1(C(=O)O)CC1. The van der Waals surface area contributed by atoms with Crippen LogP contribution in [0.25, 0.3) is 0 Å². The summed E-state index contributed by atoms with van der Waals surface area (Å²) in [7, 11) is 0. The third-order valence-corrected chi connectivity index (χ3v) is 3.65. The van der Waals surface area contributed by atoms with Gasteiger partial charge in [-0.25, -0.2) is 4.79 Å². The molecule has 1 saturated carbocycles. The van der Waals surface area contributed by atoms with Crippen molar-refractivity contribution in [1.29, 1.82) is 0 Å². The van der Waals surface area contributed by atoms with Gasteiger partial charge < -0.3 is 10.4 Å². The zero-order chi connectivity index (χ0) is 13.3. The van der Waals surface area contributed by atoms with Gasteiger partial charge in [0.05, 0.1) is 6.42 Å². The summed E-state index contributed by atoms with van der Waals surface area (Å²) in [6, 6.07) is 4.96. The van der Waals surface area contributed by atoms with Crippen LogP contribution in [-0.2, 0) is 16.0 Å². The monoisotopic (exact) mass is 287 g/mol. The number of aliphatic carboxylic acids is 1. The number of benzene rings is 1. The number of hydrogen-bond donors (Lipinski definition) is 2. The van der Waals surface area contributed by atoms with Crippen LogP contribution in [0.1, 0.15) is 18.4 Å². The Balaban J connectivity index is 2.06. The van der Waals surface area contributed by atoms with Crippen LogP contribution in [0.2, 0.25) is 10.0 Å². The molecule has 1 fully saturated rings. The molecule has 2 rings (SSSR count). The molecule has 0 unspecified atom stereocenters. The highest BCUT2D eigenvalue weighted by atomic mass is 35.5. The Bertz CT molecular complexity index is 492. The molecule has 0 bridgehead atoms. The number of halogens is 2. The van der Waals surface area contributed by atoms with Crippen LogP contribution in [0.5, 0.6) is 0 Å². The predicted octanol–water partition coefficient (Wildman–Crippen LogP) is 2.27. The first kappa shape index (κ1) is 13.2. The third-order valence-electron chi connectivity index (χ3n) is 2.94. The molecule has 1 aliphatic carbocycles. The lowest BCUT2D eigenvalue weighted by molar-refractivity contribution is -0.143. The highest BCUT2D eigenvalue weighted by molar-refractivity contribution is 6.36. The zero-order valence-corrected chi connectivity index (χ0v) is 10.9. The first-order valence-electron chi connectivity index (χ1n) is 5.42. The summed E-state index contributed by atoms with van der Waals surface area (Å²) in [6.45, 7) is 0. The number of rotatable bonds is 4. The van der Waals surface area contributed by atoms with Gasteiger partial charge in [-0.2, -0.15) is 0 Å². The fraction of sp³-hybridized carbons (Fsp3) is 0.333. The van der Waals surface area contributed by atoms with E-state index in [1.807, 2.05) is 0 Å². The van der Waals surface area contributed by atoms with E-state index in [0.717, 1.165) is 0 Å². The van der Waals surface area contributed by atoms with Gasteiger partial charge in [-0.3, -0.25) is 4.79 Å². The largest absolute Gasteiger partial charge is 0.480 e. The molecule has 1 aromatic carbocycles. The molecule has 6 heteroatoms. The van der Waals surface area contributed by atoms with E-state index in [1.165, 1.54) is 0 Å². The van der Waals surface area contributed by atoms with Gasteiger partial charge in [0.2, 0.25) is 5.91 Å². The van der Waals surface area contributed by atoms with Gasteiger partial charge in [-0.05, 0) is 30.5 Å². The van der Waals surface area contributed by atoms with E-state index in [1.54, 1.807) is 18.2 Å². The normalized spacial score (nSPS) is 16.1. The minimum Gasteiger partial charge on any atom is -0.480 e. The molecule has 1 aliphatic rings. The van der Waals surface area contributed by atoms with Crippen molar-refractivity contribution in [2.45, 2.75) is 24.8 Å². The summed E-state index contributed by atoms with van der Waals surface area (Å²) >= 11 is 11.9. The van der Waals surface area contributed by atoms with E-state index in [0.29, 0.717) is 28.5 Å². The lowest BCUT2D eigenvalue weighted by atomic mass is 10.1. The summed E-state index contributed by atoms with van der Waals surface area (Å²) in [5.74, 6) is -1.38. The van der Waals surface area contributed by atoms with Gasteiger partial charge in [0.15, 0.2) is 0 Å². The minimum atomic E-state index is -1.08. The third kappa shape index (κ3) is 2.60. The second kappa shape index (κ2) is 4.78. The van der Waals surface area contributed by atoms with E-state index in [4.69, 9.17) is 28.3 Å². The molecular formula is C12H11Cl2NO3. The van der Waals surface area contributed by atoms with Crippen molar-refractivity contribution in [3.8, 4) is 0 Å². The van der Waals surface area contributed by atoms with Crippen molar-refractivity contribution < 1.29 is 14.7 Å². The highest BCUT2D eigenvalue weighted by Gasteiger charge is 2.51. The van der Waals surface area contributed by atoms with Crippen LogP contribution in [0.15, 0.2) is 18.2 Å². The Kier molecular flexibility index (Phi) is 3.50.